The quantitative estimate of drug-likeness (QED) is 0.376. The molecule has 0 radical (unpaired) electrons. The van der Waals surface area contributed by atoms with Gasteiger partial charge < -0.3 is 10.1 Å². The number of rotatable bonds is 6. The van der Waals surface area contributed by atoms with Crippen molar-refractivity contribution in [2.24, 2.45) is 0 Å². The second-order valence-corrected chi connectivity index (χ2v) is 7.94. The van der Waals surface area contributed by atoms with Crippen LogP contribution >= 0.6 is 15.9 Å². The average molecular weight is 474 g/mol. The Hall–Kier alpha value is -3.51. The highest BCUT2D eigenvalue weighted by Crippen LogP contribution is 2.23. The molecule has 0 saturated carbocycles. The standard InChI is InChI=1S/C25H20BrN3O2/c1-17-5-9-19(10-6-17)24-27-14-13-23(29-24)31-22-4-2-3-20(15-22)25(30)28-16-18-7-11-21(26)12-8-18/h2-15H,16H2,1H3,(H,28,30). The van der Waals surface area contributed by atoms with E-state index in [2.05, 4.69) is 31.2 Å². The van der Waals surface area contributed by atoms with E-state index in [-0.39, 0.29) is 5.91 Å². The molecule has 1 heterocycles. The second kappa shape index (κ2) is 9.53. The van der Waals surface area contributed by atoms with Crippen LogP contribution in [0.4, 0.5) is 0 Å². The summed E-state index contributed by atoms with van der Waals surface area (Å²) in [6.07, 6.45) is 1.66. The largest absolute Gasteiger partial charge is 0.439 e. The molecule has 31 heavy (non-hydrogen) atoms. The fraction of sp³-hybridized carbons (Fsp3) is 0.0800. The Balaban J connectivity index is 1.44. The lowest BCUT2D eigenvalue weighted by atomic mass is 10.1. The minimum absolute atomic E-state index is 0.170. The zero-order valence-corrected chi connectivity index (χ0v) is 18.5. The van der Waals surface area contributed by atoms with Crippen LogP contribution in [0.5, 0.6) is 11.6 Å². The molecule has 4 rings (SSSR count). The normalized spacial score (nSPS) is 10.5. The Morgan fingerprint density at radius 2 is 1.77 bits per heavy atom. The van der Waals surface area contributed by atoms with Crippen molar-refractivity contribution < 1.29 is 9.53 Å². The molecule has 5 nitrogen and oxygen atoms in total. The van der Waals surface area contributed by atoms with E-state index in [0.29, 0.717) is 29.6 Å². The molecular weight excluding hydrogens is 454 g/mol. The van der Waals surface area contributed by atoms with Crippen LogP contribution < -0.4 is 10.1 Å². The molecule has 0 spiro atoms. The number of nitrogens with zero attached hydrogens (tertiary/aromatic N) is 2. The number of nitrogens with one attached hydrogen (secondary N) is 1. The number of hydrogen-bond acceptors (Lipinski definition) is 4. The highest BCUT2D eigenvalue weighted by molar-refractivity contribution is 9.10. The van der Waals surface area contributed by atoms with Gasteiger partial charge in [-0.3, -0.25) is 4.79 Å². The lowest BCUT2D eigenvalue weighted by molar-refractivity contribution is 0.0950. The Bertz CT molecular complexity index is 1190. The van der Waals surface area contributed by atoms with Crippen LogP contribution in [0.1, 0.15) is 21.5 Å². The van der Waals surface area contributed by atoms with Crippen molar-refractivity contribution in [1.29, 1.82) is 0 Å². The number of aromatic nitrogens is 2. The predicted octanol–water partition coefficient (Wildman–Crippen LogP) is 5.94. The van der Waals surface area contributed by atoms with Crippen molar-refractivity contribution in [2.45, 2.75) is 13.5 Å². The van der Waals surface area contributed by atoms with Gasteiger partial charge in [-0.05, 0) is 42.8 Å². The molecule has 154 valence electrons. The number of hydrogen-bond donors (Lipinski definition) is 1. The van der Waals surface area contributed by atoms with E-state index in [4.69, 9.17) is 4.74 Å². The molecule has 0 aliphatic carbocycles. The lowest BCUT2D eigenvalue weighted by Crippen LogP contribution is -2.22. The van der Waals surface area contributed by atoms with Crippen LogP contribution in [0.15, 0.2) is 89.5 Å². The first-order chi connectivity index (χ1) is 15.1. The molecule has 0 fully saturated rings. The van der Waals surface area contributed by atoms with Crippen molar-refractivity contribution in [1.82, 2.24) is 15.3 Å². The first kappa shape index (κ1) is 20.8. The van der Waals surface area contributed by atoms with Gasteiger partial charge in [0.15, 0.2) is 5.82 Å². The van der Waals surface area contributed by atoms with E-state index < -0.39 is 0 Å². The van der Waals surface area contributed by atoms with Crippen LogP contribution in [0.25, 0.3) is 11.4 Å². The van der Waals surface area contributed by atoms with Crippen LogP contribution in [0, 0.1) is 6.92 Å². The minimum atomic E-state index is -0.170. The smallest absolute Gasteiger partial charge is 0.251 e. The summed E-state index contributed by atoms with van der Waals surface area (Å²) in [6, 6.07) is 24.5. The molecule has 3 aromatic carbocycles. The molecule has 0 saturated heterocycles. The fourth-order valence-corrected chi connectivity index (χ4v) is 3.21. The van der Waals surface area contributed by atoms with Crippen molar-refractivity contribution in [2.75, 3.05) is 0 Å². The first-order valence-corrected chi connectivity index (χ1v) is 10.6. The summed E-state index contributed by atoms with van der Waals surface area (Å²) in [6.45, 7) is 2.48. The molecule has 0 aliphatic heterocycles. The maximum Gasteiger partial charge on any atom is 0.251 e. The number of aryl methyl sites for hydroxylation is 1. The molecule has 0 aliphatic rings. The van der Waals surface area contributed by atoms with Crippen LogP contribution in [0.3, 0.4) is 0 Å². The molecule has 0 unspecified atom stereocenters. The lowest BCUT2D eigenvalue weighted by Gasteiger charge is -2.09. The number of halogens is 1. The van der Waals surface area contributed by atoms with Gasteiger partial charge >= 0.3 is 0 Å². The Kier molecular flexibility index (Phi) is 6.38. The fourth-order valence-electron chi connectivity index (χ4n) is 2.95. The number of ether oxygens (including phenoxy) is 1. The maximum absolute atomic E-state index is 12.6. The Labute approximate surface area is 189 Å². The number of carbonyl (C=O) groups excluding carboxylic acids is 1. The number of carbonyl (C=O) groups is 1. The molecule has 4 aromatic rings. The van der Waals surface area contributed by atoms with E-state index in [1.54, 1.807) is 36.5 Å². The van der Waals surface area contributed by atoms with Crippen molar-refractivity contribution in [3.05, 3.63) is 106 Å². The van der Waals surface area contributed by atoms with Crippen molar-refractivity contribution in [3.8, 4) is 23.0 Å². The van der Waals surface area contributed by atoms with Crippen LogP contribution in [0.2, 0.25) is 0 Å². The van der Waals surface area contributed by atoms with Gasteiger partial charge in [0.05, 0.1) is 0 Å². The van der Waals surface area contributed by atoms with E-state index in [9.17, 15) is 4.79 Å². The van der Waals surface area contributed by atoms with Crippen LogP contribution in [-0.2, 0) is 6.54 Å². The summed E-state index contributed by atoms with van der Waals surface area (Å²) in [5.74, 6) is 1.36. The second-order valence-electron chi connectivity index (χ2n) is 7.02. The summed E-state index contributed by atoms with van der Waals surface area (Å²) in [5, 5.41) is 2.93. The van der Waals surface area contributed by atoms with Gasteiger partial charge in [-0.25, -0.2) is 4.98 Å². The minimum Gasteiger partial charge on any atom is -0.439 e. The molecular formula is C25H20BrN3O2. The van der Waals surface area contributed by atoms with Crippen molar-refractivity contribution >= 4 is 21.8 Å². The Morgan fingerprint density at radius 3 is 2.55 bits per heavy atom. The summed E-state index contributed by atoms with van der Waals surface area (Å²) >= 11 is 3.41. The molecule has 0 bridgehead atoms. The molecule has 1 aromatic heterocycles. The van der Waals surface area contributed by atoms with E-state index >= 15 is 0 Å². The first-order valence-electron chi connectivity index (χ1n) is 9.77. The summed E-state index contributed by atoms with van der Waals surface area (Å²) in [5.41, 5.74) is 3.62. The van der Waals surface area contributed by atoms with E-state index in [1.807, 2.05) is 55.5 Å². The molecule has 6 heteroatoms. The highest BCUT2D eigenvalue weighted by Gasteiger charge is 2.09. The molecule has 0 atom stereocenters. The van der Waals surface area contributed by atoms with Gasteiger partial charge in [0, 0.05) is 34.4 Å². The van der Waals surface area contributed by atoms with Gasteiger partial charge in [-0.1, -0.05) is 64.0 Å². The van der Waals surface area contributed by atoms with Gasteiger partial charge in [0.25, 0.3) is 5.91 Å². The van der Waals surface area contributed by atoms with Crippen LogP contribution in [-0.4, -0.2) is 15.9 Å². The number of benzene rings is 3. The number of amides is 1. The van der Waals surface area contributed by atoms with Crippen molar-refractivity contribution in [3.63, 3.8) is 0 Å². The molecule has 1 amide bonds. The average Bonchev–Trinajstić information content (AvgIpc) is 2.79. The van der Waals surface area contributed by atoms with E-state index in [0.717, 1.165) is 15.6 Å². The topological polar surface area (TPSA) is 64.1 Å². The molecule has 1 N–H and O–H groups in total. The zero-order chi connectivity index (χ0) is 21.6. The van der Waals surface area contributed by atoms with Gasteiger partial charge in [0.2, 0.25) is 5.88 Å². The van der Waals surface area contributed by atoms with Gasteiger partial charge in [-0.15, -0.1) is 0 Å². The zero-order valence-electron chi connectivity index (χ0n) is 16.9. The Morgan fingerprint density at radius 1 is 1.00 bits per heavy atom. The maximum atomic E-state index is 12.6. The monoisotopic (exact) mass is 473 g/mol. The third kappa shape index (κ3) is 5.55. The van der Waals surface area contributed by atoms with E-state index in [1.165, 1.54) is 5.56 Å². The van der Waals surface area contributed by atoms with Gasteiger partial charge in [-0.2, -0.15) is 4.98 Å². The highest BCUT2D eigenvalue weighted by atomic mass is 79.9. The SMILES string of the molecule is Cc1ccc(-c2nccc(Oc3cccc(C(=O)NCc4ccc(Br)cc4)c3)n2)cc1. The summed E-state index contributed by atoms with van der Waals surface area (Å²) in [7, 11) is 0. The van der Waals surface area contributed by atoms with Gasteiger partial charge in [0.1, 0.15) is 5.75 Å². The third-order valence-electron chi connectivity index (χ3n) is 4.62. The third-order valence-corrected chi connectivity index (χ3v) is 5.15. The summed E-state index contributed by atoms with van der Waals surface area (Å²) < 4.78 is 6.90. The summed E-state index contributed by atoms with van der Waals surface area (Å²) in [4.78, 5) is 21.4. The predicted molar refractivity (Wildman–Crippen MR) is 124 cm³/mol.